The third-order valence-corrected chi connectivity index (χ3v) is 3.17. The minimum atomic E-state index is -1.20. The lowest BCUT2D eigenvalue weighted by Gasteiger charge is -2.11. The largest absolute Gasteiger partial charge is 0.478 e. The molecule has 0 atom stereocenters. The van der Waals surface area contributed by atoms with Gasteiger partial charge in [0.15, 0.2) is 0 Å². The fourth-order valence-corrected chi connectivity index (χ4v) is 1.98. The number of hydrogen-bond acceptors (Lipinski definition) is 4. The van der Waals surface area contributed by atoms with Crippen molar-refractivity contribution in [2.45, 2.75) is 13.5 Å². The average Bonchev–Trinajstić information content (AvgIpc) is 2.46. The maximum atomic E-state index is 11.2. The molecule has 0 bridgehead atoms. The molecule has 6 nitrogen and oxygen atoms in total. The Kier molecular flexibility index (Phi) is 4.18. The maximum Gasteiger partial charge on any atom is 0.338 e. The molecule has 2 aromatic carbocycles. The molecular formula is C15H14N2O4. The van der Waals surface area contributed by atoms with E-state index >= 15 is 0 Å². The first kappa shape index (κ1) is 14.5. The molecule has 0 saturated carbocycles. The van der Waals surface area contributed by atoms with Crippen molar-refractivity contribution in [2.75, 3.05) is 5.32 Å². The SMILES string of the molecule is Cc1ccccc1CNc1ccc([N+](=O)[O-])cc1C(=O)O. The molecular weight excluding hydrogens is 272 g/mol. The molecule has 0 spiro atoms. The second kappa shape index (κ2) is 6.04. The van der Waals surface area contributed by atoms with Crippen LogP contribution in [0.5, 0.6) is 0 Å². The highest BCUT2D eigenvalue weighted by Crippen LogP contribution is 2.23. The summed E-state index contributed by atoms with van der Waals surface area (Å²) in [5, 5.41) is 22.9. The number of nitrogens with zero attached hydrogens (tertiary/aromatic N) is 1. The molecule has 0 radical (unpaired) electrons. The summed E-state index contributed by atoms with van der Waals surface area (Å²) in [5.74, 6) is -1.20. The topological polar surface area (TPSA) is 92.5 Å². The summed E-state index contributed by atoms with van der Waals surface area (Å²) < 4.78 is 0. The van der Waals surface area contributed by atoms with Crippen molar-refractivity contribution in [3.63, 3.8) is 0 Å². The highest BCUT2D eigenvalue weighted by Gasteiger charge is 2.15. The Morgan fingerprint density at radius 3 is 2.62 bits per heavy atom. The van der Waals surface area contributed by atoms with Gasteiger partial charge >= 0.3 is 5.97 Å². The van der Waals surface area contributed by atoms with Crippen molar-refractivity contribution in [3.8, 4) is 0 Å². The fourth-order valence-electron chi connectivity index (χ4n) is 1.98. The van der Waals surface area contributed by atoms with Gasteiger partial charge in [-0.15, -0.1) is 0 Å². The summed E-state index contributed by atoms with van der Waals surface area (Å²) in [7, 11) is 0. The Bertz CT molecular complexity index is 698. The molecule has 6 heteroatoms. The van der Waals surface area contributed by atoms with Gasteiger partial charge < -0.3 is 10.4 Å². The zero-order valence-electron chi connectivity index (χ0n) is 11.4. The first-order valence-electron chi connectivity index (χ1n) is 6.29. The van der Waals surface area contributed by atoms with Gasteiger partial charge in [0.25, 0.3) is 5.69 Å². The van der Waals surface area contributed by atoms with Gasteiger partial charge in [0.1, 0.15) is 0 Å². The number of benzene rings is 2. The highest BCUT2D eigenvalue weighted by molar-refractivity contribution is 5.95. The van der Waals surface area contributed by atoms with E-state index in [4.69, 9.17) is 5.11 Å². The number of carboxylic acid groups (broad SMARTS) is 1. The number of aryl methyl sites for hydroxylation is 1. The minimum absolute atomic E-state index is 0.113. The van der Waals surface area contributed by atoms with Gasteiger partial charge in [-0.05, 0) is 24.1 Å². The Balaban J connectivity index is 2.26. The van der Waals surface area contributed by atoms with Crippen LogP contribution < -0.4 is 5.32 Å². The molecule has 2 N–H and O–H groups in total. The summed E-state index contributed by atoms with van der Waals surface area (Å²) in [5.41, 5.74) is 2.12. The van der Waals surface area contributed by atoms with Crippen LogP contribution in [-0.2, 0) is 6.54 Å². The number of nitro benzene ring substituents is 1. The molecule has 0 aromatic heterocycles. The van der Waals surface area contributed by atoms with E-state index in [9.17, 15) is 14.9 Å². The standard InChI is InChI=1S/C15H14N2O4/c1-10-4-2-3-5-11(10)9-16-14-7-6-12(17(20)21)8-13(14)15(18)19/h2-8,16H,9H2,1H3,(H,18,19). The number of rotatable bonds is 5. The van der Waals surface area contributed by atoms with Crippen molar-refractivity contribution < 1.29 is 14.8 Å². The summed E-state index contributed by atoms with van der Waals surface area (Å²) in [6, 6.07) is 11.5. The second-order valence-corrected chi connectivity index (χ2v) is 4.57. The van der Waals surface area contributed by atoms with E-state index in [-0.39, 0.29) is 11.3 Å². The zero-order chi connectivity index (χ0) is 15.4. The van der Waals surface area contributed by atoms with Gasteiger partial charge in [0.2, 0.25) is 0 Å². The molecule has 0 aliphatic heterocycles. The van der Waals surface area contributed by atoms with Crippen LogP contribution in [0.3, 0.4) is 0 Å². The van der Waals surface area contributed by atoms with Crippen molar-refractivity contribution in [1.82, 2.24) is 0 Å². The number of aromatic carboxylic acids is 1. The van der Waals surface area contributed by atoms with Crippen molar-refractivity contribution in [3.05, 3.63) is 69.3 Å². The van der Waals surface area contributed by atoms with E-state index in [1.165, 1.54) is 12.1 Å². The zero-order valence-corrected chi connectivity index (χ0v) is 11.4. The quantitative estimate of drug-likeness (QED) is 0.650. The Morgan fingerprint density at radius 2 is 2.00 bits per heavy atom. The smallest absolute Gasteiger partial charge is 0.338 e. The molecule has 2 aromatic rings. The first-order valence-corrected chi connectivity index (χ1v) is 6.29. The lowest BCUT2D eigenvalue weighted by atomic mass is 10.1. The number of nitro groups is 1. The summed E-state index contributed by atoms with van der Waals surface area (Å²) in [6.45, 7) is 2.41. The molecule has 0 unspecified atom stereocenters. The molecule has 0 aliphatic rings. The lowest BCUT2D eigenvalue weighted by Crippen LogP contribution is -2.07. The van der Waals surface area contributed by atoms with E-state index < -0.39 is 10.9 Å². The monoisotopic (exact) mass is 286 g/mol. The molecule has 0 fully saturated rings. The molecule has 21 heavy (non-hydrogen) atoms. The first-order chi connectivity index (χ1) is 9.99. The maximum absolute atomic E-state index is 11.2. The highest BCUT2D eigenvalue weighted by atomic mass is 16.6. The van der Waals surface area contributed by atoms with E-state index in [0.29, 0.717) is 12.2 Å². The van der Waals surface area contributed by atoms with E-state index in [2.05, 4.69) is 5.32 Å². The van der Waals surface area contributed by atoms with Crippen LogP contribution in [0.2, 0.25) is 0 Å². The van der Waals surface area contributed by atoms with Crippen LogP contribution in [-0.4, -0.2) is 16.0 Å². The third kappa shape index (κ3) is 3.36. The molecule has 0 heterocycles. The predicted octanol–water partition coefficient (Wildman–Crippen LogP) is 3.21. The van der Waals surface area contributed by atoms with E-state index in [0.717, 1.165) is 17.2 Å². The Hall–Kier alpha value is -2.89. The molecule has 2 rings (SSSR count). The predicted molar refractivity (Wildman–Crippen MR) is 78.6 cm³/mol. The minimum Gasteiger partial charge on any atom is -0.478 e. The Labute approximate surface area is 121 Å². The number of carboxylic acids is 1. The normalized spacial score (nSPS) is 10.1. The number of non-ortho nitro benzene ring substituents is 1. The molecule has 0 aliphatic carbocycles. The van der Waals surface area contributed by atoms with Gasteiger partial charge in [-0.25, -0.2) is 4.79 Å². The summed E-state index contributed by atoms with van der Waals surface area (Å²) >= 11 is 0. The third-order valence-electron chi connectivity index (χ3n) is 3.17. The van der Waals surface area contributed by atoms with Crippen LogP contribution >= 0.6 is 0 Å². The number of hydrogen-bond donors (Lipinski definition) is 2. The Morgan fingerprint density at radius 1 is 1.29 bits per heavy atom. The van der Waals surface area contributed by atoms with Gasteiger partial charge in [0.05, 0.1) is 10.5 Å². The van der Waals surface area contributed by atoms with Crippen LogP contribution in [0.4, 0.5) is 11.4 Å². The van der Waals surface area contributed by atoms with Crippen LogP contribution in [0, 0.1) is 17.0 Å². The summed E-state index contributed by atoms with van der Waals surface area (Å²) in [6.07, 6.45) is 0. The average molecular weight is 286 g/mol. The van der Waals surface area contributed by atoms with E-state index in [1.54, 1.807) is 0 Å². The summed E-state index contributed by atoms with van der Waals surface area (Å²) in [4.78, 5) is 21.3. The molecule has 0 saturated heterocycles. The lowest BCUT2D eigenvalue weighted by molar-refractivity contribution is -0.384. The number of carbonyl (C=O) groups is 1. The number of nitrogens with one attached hydrogen (secondary N) is 1. The van der Waals surface area contributed by atoms with Crippen molar-refractivity contribution >= 4 is 17.3 Å². The second-order valence-electron chi connectivity index (χ2n) is 4.57. The van der Waals surface area contributed by atoms with Gasteiger partial charge in [-0.2, -0.15) is 0 Å². The fraction of sp³-hybridized carbons (Fsp3) is 0.133. The number of anilines is 1. The van der Waals surface area contributed by atoms with Crippen LogP contribution in [0.15, 0.2) is 42.5 Å². The molecule has 108 valence electrons. The van der Waals surface area contributed by atoms with Crippen molar-refractivity contribution in [1.29, 1.82) is 0 Å². The van der Waals surface area contributed by atoms with Gasteiger partial charge in [-0.3, -0.25) is 10.1 Å². The molecule has 0 amide bonds. The van der Waals surface area contributed by atoms with Crippen molar-refractivity contribution in [2.24, 2.45) is 0 Å². The van der Waals surface area contributed by atoms with Crippen LogP contribution in [0.1, 0.15) is 21.5 Å². The van der Waals surface area contributed by atoms with E-state index in [1.807, 2.05) is 31.2 Å². The van der Waals surface area contributed by atoms with Gasteiger partial charge in [0, 0.05) is 24.4 Å². The van der Waals surface area contributed by atoms with Gasteiger partial charge in [-0.1, -0.05) is 24.3 Å². The van der Waals surface area contributed by atoms with Crippen LogP contribution in [0.25, 0.3) is 0 Å².